The van der Waals surface area contributed by atoms with E-state index >= 15 is 0 Å². The fourth-order valence-electron chi connectivity index (χ4n) is 5.28. The number of rotatable bonds is 14. The van der Waals surface area contributed by atoms with Gasteiger partial charge in [-0.1, -0.05) is 30.3 Å². The summed E-state index contributed by atoms with van der Waals surface area (Å²) in [6.45, 7) is -0.401. The van der Waals surface area contributed by atoms with Gasteiger partial charge in [0.05, 0.1) is 26.2 Å². The summed E-state index contributed by atoms with van der Waals surface area (Å²) in [6, 6.07) is 11.2. The van der Waals surface area contributed by atoms with Gasteiger partial charge in [0, 0.05) is 48.8 Å². The predicted octanol–water partition coefficient (Wildman–Crippen LogP) is 6.57. The minimum absolute atomic E-state index is 0.0440. The molecule has 45 heavy (non-hydrogen) atoms. The molecule has 0 amide bonds. The Bertz CT molecular complexity index is 1610. The first-order valence-electron chi connectivity index (χ1n) is 14.1. The molecule has 1 aliphatic rings. The van der Waals surface area contributed by atoms with Crippen molar-refractivity contribution >= 4 is 28.9 Å². The first-order valence-corrected chi connectivity index (χ1v) is 14.1. The van der Waals surface area contributed by atoms with Crippen LogP contribution in [0.4, 0.5) is 17.6 Å². The second-order valence-corrected chi connectivity index (χ2v) is 10.5. The summed E-state index contributed by atoms with van der Waals surface area (Å²) >= 11 is 0. The van der Waals surface area contributed by atoms with E-state index in [2.05, 4.69) is 4.74 Å². The van der Waals surface area contributed by atoms with Gasteiger partial charge in [0.25, 0.3) is 0 Å². The Morgan fingerprint density at radius 3 is 2.09 bits per heavy atom. The number of para-hydroxylation sites is 1. The molecule has 0 saturated heterocycles. The Kier molecular flexibility index (Phi) is 10.9. The van der Waals surface area contributed by atoms with Crippen LogP contribution in [0.15, 0.2) is 60.7 Å². The highest BCUT2D eigenvalue weighted by molar-refractivity contribution is 6.02. The van der Waals surface area contributed by atoms with Crippen molar-refractivity contribution in [2.75, 3.05) is 20.8 Å². The molecule has 4 rings (SSSR count). The topological polar surface area (TPSA) is 96.0 Å². The summed E-state index contributed by atoms with van der Waals surface area (Å²) < 4.78 is 72.5. The van der Waals surface area contributed by atoms with Crippen LogP contribution in [0, 0.1) is 29.2 Å². The summed E-state index contributed by atoms with van der Waals surface area (Å²) in [7, 11) is 2.57. The van der Waals surface area contributed by atoms with Crippen molar-refractivity contribution in [1.82, 2.24) is 0 Å². The molecule has 0 fully saturated rings. The number of esters is 1. The Hall–Kier alpha value is -4.80. The lowest BCUT2D eigenvalue weighted by atomic mass is 9.82. The van der Waals surface area contributed by atoms with Crippen LogP contribution in [0.25, 0.3) is 5.57 Å². The van der Waals surface area contributed by atoms with E-state index in [1.165, 1.54) is 44.6 Å². The van der Waals surface area contributed by atoms with E-state index in [-0.39, 0.29) is 55.2 Å². The van der Waals surface area contributed by atoms with Gasteiger partial charge in [-0.25, -0.2) is 17.6 Å². The first kappa shape index (κ1) is 33.1. The fourth-order valence-corrected chi connectivity index (χ4v) is 5.28. The molecule has 7 nitrogen and oxygen atoms in total. The molecule has 0 heterocycles. The molecular weight excluding hydrogens is 596 g/mol. The average molecular weight is 627 g/mol. The fraction of sp³-hybridized carbons (Fsp3) is 0.294. The second kappa shape index (κ2) is 14.8. The highest BCUT2D eigenvalue weighted by atomic mass is 19.1. The van der Waals surface area contributed by atoms with Crippen molar-refractivity contribution in [2.45, 2.75) is 38.0 Å². The SMILES string of the molecule is COC(=O)CCC(=O)CCC(=O)COc1cccc(C2CC(c3ccc(F)cc3)=CC2C(=O)c2c(F)cc(F)cc2F)c1OC. The molecule has 2 unspecified atom stereocenters. The molecule has 0 radical (unpaired) electrons. The van der Waals surface area contributed by atoms with E-state index in [0.29, 0.717) is 28.8 Å². The maximum atomic E-state index is 14.7. The quantitative estimate of drug-likeness (QED) is 0.113. The molecule has 0 N–H and O–H groups in total. The van der Waals surface area contributed by atoms with Crippen LogP contribution in [0.2, 0.25) is 0 Å². The van der Waals surface area contributed by atoms with Crippen LogP contribution in [0.3, 0.4) is 0 Å². The predicted molar refractivity (Wildman–Crippen MR) is 155 cm³/mol. The zero-order valence-corrected chi connectivity index (χ0v) is 24.5. The molecule has 0 aromatic heterocycles. The first-order chi connectivity index (χ1) is 21.5. The largest absolute Gasteiger partial charge is 0.493 e. The third-order valence-electron chi connectivity index (χ3n) is 7.55. The van der Waals surface area contributed by atoms with Crippen LogP contribution in [-0.2, 0) is 19.1 Å². The van der Waals surface area contributed by atoms with Gasteiger partial charge in [-0.15, -0.1) is 0 Å². The molecule has 1 aliphatic carbocycles. The molecule has 0 aliphatic heterocycles. The number of methoxy groups -OCH3 is 2. The zero-order valence-electron chi connectivity index (χ0n) is 24.5. The number of carbonyl (C=O) groups is 4. The van der Waals surface area contributed by atoms with Gasteiger partial charge in [0.15, 0.2) is 23.1 Å². The number of benzene rings is 3. The van der Waals surface area contributed by atoms with Crippen molar-refractivity contribution in [3.8, 4) is 11.5 Å². The molecule has 11 heteroatoms. The van der Waals surface area contributed by atoms with Crippen LogP contribution >= 0.6 is 0 Å². The number of carbonyl (C=O) groups excluding carboxylic acids is 4. The van der Waals surface area contributed by atoms with E-state index in [4.69, 9.17) is 9.47 Å². The van der Waals surface area contributed by atoms with Gasteiger partial charge in [0.2, 0.25) is 0 Å². The monoisotopic (exact) mass is 626 g/mol. The number of hydrogen-bond donors (Lipinski definition) is 0. The second-order valence-electron chi connectivity index (χ2n) is 10.5. The molecule has 2 atom stereocenters. The van der Waals surface area contributed by atoms with Gasteiger partial charge in [-0.05, 0) is 35.8 Å². The smallest absolute Gasteiger partial charge is 0.305 e. The summed E-state index contributed by atoms with van der Waals surface area (Å²) in [6.07, 6.45) is 1.44. The average Bonchev–Trinajstić information content (AvgIpc) is 3.46. The highest BCUT2D eigenvalue weighted by Crippen LogP contribution is 2.49. The zero-order chi connectivity index (χ0) is 32.7. The summed E-state index contributed by atoms with van der Waals surface area (Å²) in [4.78, 5) is 49.3. The molecule has 0 bridgehead atoms. The summed E-state index contributed by atoms with van der Waals surface area (Å²) in [5.41, 5.74) is 0.757. The third-order valence-corrected chi connectivity index (χ3v) is 7.55. The molecule has 0 spiro atoms. The van der Waals surface area contributed by atoms with E-state index in [0.717, 1.165) is 0 Å². The van der Waals surface area contributed by atoms with Crippen molar-refractivity contribution in [3.05, 3.63) is 101 Å². The number of Topliss-reactive ketones (excluding diaryl/α,β-unsaturated/α-hetero) is 3. The molecule has 3 aromatic rings. The van der Waals surface area contributed by atoms with Crippen LogP contribution in [0.5, 0.6) is 11.5 Å². The van der Waals surface area contributed by atoms with E-state index < -0.39 is 59.0 Å². The summed E-state index contributed by atoms with van der Waals surface area (Å²) in [5.74, 6) is -7.95. The van der Waals surface area contributed by atoms with E-state index in [1.54, 1.807) is 18.2 Å². The number of ether oxygens (including phenoxy) is 3. The van der Waals surface area contributed by atoms with Gasteiger partial charge < -0.3 is 14.2 Å². The van der Waals surface area contributed by atoms with Crippen molar-refractivity contribution in [1.29, 1.82) is 0 Å². The maximum Gasteiger partial charge on any atom is 0.305 e. The van der Waals surface area contributed by atoms with Crippen LogP contribution in [0.1, 0.15) is 59.5 Å². The minimum Gasteiger partial charge on any atom is -0.493 e. The van der Waals surface area contributed by atoms with Crippen LogP contribution in [-0.4, -0.2) is 44.1 Å². The third kappa shape index (κ3) is 8.03. The molecule has 236 valence electrons. The van der Waals surface area contributed by atoms with Crippen molar-refractivity contribution in [3.63, 3.8) is 0 Å². The molecule has 3 aromatic carbocycles. The van der Waals surface area contributed by atoms with Gasteiger partial charge in [-0.2, -0.15) is 0 Å². The Balaban J connectivity index is 1.58. The maximum absolute atomic E-state index is 14.7. The lowest BCUT2D eigenvalue weighted by molar-refractivity contribution is -0.141. The Morgan fingerprint density at radius 1 is 0.800 bits per heavy atom. The normalized spacial score (nSPS) is 15.7. The Morgan fingerprint density at radius 2 is 1.44 bits per heavy atom. The van der Waals surface area contributed by atoms with Crippen molar-refractivity contribution in [2.24, 2.45) is 5.92 Å². The van der Waals surface area contributed by atoms with Gasteiger partial charge in [-0.3, -0.25) is 19.2 Å². The number of ketones is 3. The standard InChI is InChI=1S/C34H30F4O7/c1-43-31(41)13-12-23(39)10-11-24(40)18-45-30-5-3-4-25(34(30)44-2)26-14-20(19-6-8-21(35)9-7-19)15-27(26)33(42)32-28(37)16-22(36)17-29(32)38/h3-9,15-17,26-27H,10-14,18H2,1-2H3. The minimum atomic E-state index is -1.34. The van der Waals surface area contributed by atoms with Gasteiger partial charge >= 0.3 is 5.97 Å². The van der Waals surface area contributed by atoms with E-state index in [9.17, 15) is 36.7 Å². The summed E-state index contributed by atoms with van der Waals surface area (Å²) in [5, 5.41) is 0. The Labute approximate surface area is 256 Å². The van der Waals surface area contributed by atoms with Gasteiger partial charge in [0.1, 0.15) is 35.7 Å². The lowest BCUT2D eigenvalue weighted by Crippen LogP contribution is -2.21. The van der Waals surface area contributed by atoms with E-state index in [1.807, 2.05) is 0 Å². The highest BCUT2D eigenvalue weighted by Gasteiger charge is 2.39. The van der Waals surface area contributed by atoms with Crippen molar-refractivity contribution < 1.29 is 51.0 Å². The molecule has 0 saturated carbocycles. The number of hydrogen-bond acceptors (Lipinski definition) is 7. The lowest BCUT2D eigenvalue weighted by Gasteiger charge is -2.23. The van der Waals surface area contributed by atoms with Crippen LogP contribution < -0.4 is 9.47 Å². The number of allylic oxidation sites excluding steroid dienone is 2. The number of halogens is 4. The molecular formula is C34H30F4O7.